The first-order valence-electron chi connectivity index (χ1n) is 8.48. The van der Waals surface area contributed by atoms with E-state index in [1.54, 1.807) is 42.7 Å². The van der Waals surface area contributed by atoms with E-state index < -0.39 is 11.8 Å². The van der Waals surface area contributed by atoms with Crippen molar-refractivity contribution in [3.8, 4) is 5.75 Å². The van der Waals surface area contributed by atoms with E-state index in [-0.39, 0.29) is 5.41 Å². The highest BCUT2D eigenvalue weighted by molar-refractivity contribution is 7.10. The molecule has 3 rings (SSSR count). The number of carbonyl (C=O) groups excluding carboxylic acids is 2. The number of benzene rings is 1. The van der Waals surface area contributed by atoms with Crippen molar-refractivity contribution in [2.45, 2.75) is 18.3 Å². The van der Waals surface area contributed by atoms with E-state index in [1.807, 2.05) is 11.4 Å². The molecule has 2 heterocycles. The van der Waals surface area contributed by atoms with Crippen molar-refractivity contribution in [1.29, 1.82) is 0 Å². The first kappa shape index (κ1) is 18.4. The van der Waals surface area contributed by atoms with Gasteiger partial charge in [-0.25, -0.2) is 0 Å². The van der Waals surface area contributed by atoms with Crippen molar-refractivity contribution in [2.75, 3.05) is 32.2 Å². The van der Waals surface area contributed by atoms with Gasteiger partial charge in [0.25, 0.3) is 0 Å². The minimum atomic E-state index is -0.688. The van der Waals surface area contributed by atoms with Crippen molar-refractivity contribution in [3.63, 3.8) is 0 Å². The van der Waals surface area contributed by atoms with Gasteiger partial charge in [-0.3, -0.25) is 9.59 Å². The van der Waals surface area contributed by atoms with Crippen LogP contribution in [0.25, 0.3) is 0 Å². The minimum absolute atomic E-state index is 0.168. The maximum atomic E-state index is 12.3. The molecular formula is C19H22N2O4S. The summed E-state index contributed by atoms with van der Waals surface area (Å²) in [5.74, 6) is -0.719. The predicted molar refractivity (Wildman–Crippen MR) is 101 cm³/mol. The fraction of sp³-hybridized carbons (Fsp3) is 0.368. The lowest BCUT2D eigenvalue weighted by Crippen LogP contribution is -2.46. The third-order valence-corrected chi connectivity index (χ3v) is 5.73. The zero-order chi connectivity index (χ0) is 18.4. The molecule has 1 aromatic heterocycles. The molecule has 2 amide bonds. The van der Waals surface area contributed by atoms with Crippen LogP contribution >= 0.6 is 11.3 Å². The van der Waals surface area contributed by atoms with Crippen LogP contribution in [0.3, 0.4) is 0 Å². The van der Waals surface area contributed by atoms with Gasteiger partial charge in [0.15, 0.2) is 0 Å². The lowest BCUT2D eigenvalue weighted by Gasteiger charge is -2.36. The first-order chi connectivity index (χ1) is 12.6. The lowest BCUT2D eigenvalue weighted by atomic mass is 9.78. The van der Waals surface area contributed by atoms with Gasteiger partial charge in [-0.15, -0.1) is 11.3 Å². The standard InChI is InChI=1S/C19H22N2O4S/c1-24-15-5-2-4-14(12-15)21-18(23)17(22)20-13-19(7-9-25-10-8-19)16-6-3-11-26-16/h2-6,11-12H,7-10,13H2,1H3,(H,20,22)(H,21,23). The molecule has 0 saturated carbocycles. The number of hydrogen-bond acceptors (Lipinski definition) is 5. The predicted octanol–water partition coefficient (Wildman–Crippen LogP) is 2.56. The topological polar surface area (TPSA) is 76.7 Å². The van der Waals surface area contributed by atoms with E-state index in [4.69, 9.17) is 9.47 Å². The minimum Gasteiger partial charge on any atom is -0.497 e. The molecule has 0 spiro atoms. The number of ether oxygens (including phenoxy) is 2. The molecule has 0 aliphatic carbocycles. The molecule has 1 aliphatic heterocycles. The van der Waals surface area contributed by atoms with Crippen molar-refractivity contribution in [1.82, 2.24) is 5.32 Å². The summed E-state index contributed by atoms with van der Waals surface area (Å²) in [4.78, 5) is 25.7. The summed E-state index contributed by atoms with van der Waals surface area (Å²) < 4.78 is 10.6. The van der Waals surface area contributed by atoms with E-state index in [2.05, 4.69) is 16.7 Å². The zero-order valence-corrected chi connectivity index (χ0v) is 15.4. The molecule has 1 saturated heterocycles. The number of methoxy groups -OCH3 is 1. The van der Waals surface area contributed by atoms with Crippen LogP contribution in [-0.2, 0) is 19.7 Å². The van der Waals surface area contributed by atoms with Gasteiger partial charge in [0.2, 0.25) is 0 Å². The quantitative estimate of drug-likeness (QED) is 0.789. The average Bonchev–Trinajstić information content (AvgIpc) is 3.22. The Labute approximate surface area is 156 Å². The molecule has 138 valence electrons. The van der Waals surface area contributed by atoms with Gasteiger partial charge in [-0.05, 0) is 36.4 Å². The fourth-order valence-corrected chi connectivity index (χ4v) is 4.06. The van der Waals surface area contributed by atoms with Gasteiger partial charge in [-0.2, -0.15) is 0 Å². The van der Waals surface area contributed by atoms with Crippen LogP contribution < -0.4 is 15.4 Å². The van der Waals surface area contributed by atoms with Gasteiger partial charge < -0.3 is 20.1 Å². The SMILES string of the molecule is COc1cccc(NC(=O)C(=O)NCC2(c3cccs3)CCOCC2)c1. The Hall–Kier alpha value is -2.38. The van der Waals surface area contributed by atoms with Crippen LogP contribution in [0.5, 0.6) is 5.75 Å². The summed E-state index contributed by atoms with van der Waals surface area (Å²) in [6, 6.07) is 11.0. The highest BCUT2D eigenvalue weighted by Gasteiger charge is 2.36. The number of anilines is 1. The van der Waals surface area contributed by atoms with Crippen molar-refractivity contribution in [2.24, 2.45) is 0 Å². The van der Waals surface area contributed by atoms with Crippen molar-refractivity contribution in [3.05, 3.63) is 46.7 Å². The molecule has 0 radical (unpaired) electrons. The van der Waals surface area contributed by atoms with Gasteiger partial charge in [0.1, 0.15) is 5.75 Å². The Balaban J connectivity index is 1.62. The third kappa shape index (κ3) is 4.23. The lowest BCUT2D eigenvalue weighted by molar-refractivity contribution is -0.136. The third-order valence-electron chi connectivity index (χ3n) is 4.61. The number of rotatable bonds is 5. The van der Waals surface area contributed by atoms with Crippen molar-refractivity contribution < 1.29 is 19.1 Å². The van der Waals surface area contributed by atoms with E-state index in [9.17, 15) is 9.59 Å². The Kier molecular flexibility index (Phi) is 5.90. The monoisotopic (exact) mass is 374 g/mol. The molecule has 7 heteroatoms. The van der Waals surface area contributed by atoms with Gasteiger partial charge in [-0.1, -0.05) is 12.1 Å². The number of thiophene rings is 1. The van der Waals surface area contributed by atoms with Gasteiger partial charge in [0, 0.05) is 41.8 Å². The largest absolute Gasteiger partial charge is 0.497 e. The van der Waals surface area contributed by atoms with Crippen LogP contribution in [-0.4, -0.2) is 38.7 Å². The van der Waals surface area contributed by atoms with E-state index in [1.165, 1.54) is 4.88 Å². The Bertz CT molecular complexity index is 755. The second-order valence-electron chi connectivity index (χ2n) is 6.24. The van der Waals surface area contributed by atoms with Gasteiger partial charge in [0.05, 0.1) is 7.11 Å². The first-order valence-corrected chi connectivity index (χ1v) is 9.36. The van der Waals surface area contributed by atoms with Gasteiger partial charge >= 0.3 is 11.8 Å². The molecule has 0 bridgehead atoms. The summed E-state index contributed by atoms with van der Waals surface area (Å²) in [5.41, 5.74) is 0.349. The Morgan fingerprint density at radius 3 is 2.69 bits per heavy atom. The number of nitrogens with one attached hydrogen (secondary N) is 2. The van der Waals surface area contributed by atoms with Crippen molar-refractivity contribution >= 4 is 28.8 Å². The fourth-order valence-electron chi connectivity index (χ4n) is 3.07. The number of hydrogen-bond donors (Lipinski definition) is 2. The summed E-state index contributed by atoms with van der Waals surface area (Å²) >= 11 is 1.67. The van der Waals surface area contributed by atoms with E-state index in [0.29, 0.717) is 31.2 Å². The number of amides is 2. The second-order valence-corrected chi connectivity index (χ2v) is 7.19. The molecule has 6 nitrogen and oxygen atoms in total. The summed E-state index contributed by atoms with van der Waals surface area (Å²) in [5, 5.41) is 7.43. The summed E-state index contributed by atoms with van der Waals surface area (Å²) in [6.07, 6.45) is 1.65. The molecule has 1 aliphatic rings. The van der Waals surface area contributed by atoms with Crippen LogP contribution in [0.2, 0.25) is 0 Å². The van der Waals surface area contributed by atoms with Crippen LogP contribution in [0.4, 0.5) is 5.69 Å². The van der Waals surface area contributed by atoms with Crippen LogP contribution in [0.15, 0.2) is 41.8 Å². The highest BCUT2D eigenvalue weighted by Crippen LogP contribution is 2.36. The molecule has 26 heavy (non-hydrogen) atoms. The molecule has 0 unspecified atom stereocenters. The molecule has 2 aromatic rings. The van der Waals surface area contributed by atoms with Crippen LogP contribution in [0.1, 0.15) is 17.7 Å². The highest BCUT2D eigenvalue weighted by atomic mass is 32.1. The second kappa shape index (κ2) is 8.33. The maximum absolute atomic E-state index is 12.3. The summed E-state index contributed by atoms with van der Waals surface area (Å²) in [7, 11) is 1.55. The Morgan fingerprint density at radius 2 is 2.00 bits per heavy atom. The molecular weight excluding hydrogens is 352 g/mol. The average molecular weight is 374 g/mol. The zero-order valence-electron chi connectivity index (χ0n) is 14.6. The molecule has 1 aromatic carbocycles. The van der Waals surface area contributed by atoms with E-state index >= 15 is 0 Å². The van der Waals surface area contributed by atoms with Crippen LogP contribution in [0, 0.1) is 0 Å². The smallest absolute Gasteiger partial charge is 0.313 e. The molecule has 1 fully saturated rings. The maximum Gasteiger partial charge on any atom is 0.313 e. The molecule has 0 atom stereocenters. The normalized spacial score (nSPS) is 15.9. The number of carbonyl (C=O) groups is 2. The summed E-state index contributed by atoms with van der Waals surface area (Å²) in [6.45, 7) is 1.73. The van der Waals surface area contributed by atoms with E-state index in [0.717, 1.165) is 12.8 Å². The molecule has 2 N–H and O–H groups in total. The Morgan fingerprint density at radius 1 is 1.19 bits per heavy atom.